The van der Waals surface area contributed by atoms with Crippen LogP contribution >= 0.6 is 0 Å². The molecule has 1 atom stereocenters. The van der Waals surface area contributed by atoms with Gasteiger partial charge in [0.1, 0.15) is 11.3 Å². The van der Waals surface area contributed by atoms with Crippen molar-refractivity contribution >= 4 is 15.8 Å². The molecule has 6 nitrogen and oxygen atoms in total. The Morgan fingerprint density at radius 2 is 2.00 bits per heavy atom. The number of rotatable bonds is 3. The highest BCUT2D eigenvalue weighted by Crippen LogP contribution is 2.28. The van der Waals surface area contributed by atoms with Crippen LogP contribution < -0.4 is 0 Å². The summed E-state index contributed by atoms with van der Waals surface area (Å²) < 4.78 is 24.6. The summed E-state index contributed by atoms with van der Waals surface area (Å²) in [5, 5.41) is 13.6. The van der Waals surface area contributed by atoms with Gasteiger partial charge in [0.15, 0.2) is 9.84 Å². The lowest BCUT2D eigenvalue weighted by Crippen LogP contribution is -2.11. The molecule has 1 aromatic heterocycles. The minimum Gasteiger partial charge on any atom is -0.478 e. The molecule has 1 aliphatic heterocycles. The fourth-order valence-corrected chi connectivity index (χ4v) is 4.23. The van der Waals surface area contributed by atoms with Crippen molar-refractivity contribution in [3.63, 3.8) is 0 Å². The van der Waals surface area contributed by atoms with Gasteiger partial charge in [-0.15, -0.1) is 0 Å². The molecule has 0 saturated carbocycles. The van der Waals surface area contributed by atoms with Crippen molar-refractivity contribution < 1.29 is 18.3 Å². The normalized spacial score (nSPS) is 20.5. The number of nitrogens with zero attached hydrogens (tertiary/aromatic N) is 2. The molecule has 1 N–H and O–H groups in total. The second-order valence-electron chi connectivity index (χ2n) is 5.10. The number of aromatic nitrogens is 2. The first-order valence-electron chi connectivity index (χ1n) is 6.54. The molecule has 110 valence electrons. The van der Waals surface area contributed by atoms with Crippen molar-refractivity contribution in [1.82, 2.24) is 9.78 Å². The van der Waals surface area contributed by atoms with Gasteiger partial charge in [0.25, 0.3) is 0 Å². The highest BCUT2D eigenvalue weighted by atomic mass is 32.2. The predicted molar refractivity (Wildman–Crippen MR) is 76.9 cm³/mol. The number of carboxylic acids is 1. The molecule has 21 heavy (non-hydrogen) atoms. The molecular weight excluding hydrogens is 292 g/mol. The zero-order valence-electron chi connectivity index (χ0n) is 11.1. The molecule has 1 saturated heterocycles. The summed E-state index contributed by atoms with van der Waals surface area (Å²) in [6.07, 6.45) is 1.90. The van der Waals surface area contributed by atoms with E-state index >= 15 is 0 Å². The van der Waals surface area contributed by atoms with Gasteiger partial charge in [-0.1, -0.05) is 30.3 Å². The molecule has 2 heterocycles. The molecule has 7 heteroatoms. The van der Waals surface area contributed by atoms with Crippen LogP contribution in [0.4, 0.5) is 0 Å². The second kappa shape index (κ2) is 5.00. The molecular formula is C14H14N2O4S. The number of sulfone groups is 1. The first-order valence-corrected chi connectivity index (χ1v) is 8.37. The standard InChI is InChI=1S/C14H14N2O4S/c17-14(18)12-8-16(11-6-7-21(19,20)9-11)15-13(12)10-4-2-1-3-5-10/h1-5,8,11H,6-7,9H2,(H,17,18). The van der Waals surface area contributed by atoms with Crippen LogP contribution in [0, 0.1) is 0 Å². The predicted octanol–water partition coefficient (Wildman–Crippen LogP) is 1.61. The van der Waals surface area contributed by atoms with Crippen LogP contribution in [0.2, 0.25) is 0 Å². The lowest BCUT2D eigenvalue weighted by Gasteiger charge is -2.07. The van der Waals surface area contributed by atoms with Crippen molar-refractivity contribution in [2.24, 2.45) is 0 Å². The van der Waals surface area contributed by atoms with Crippen LogP contribution in [0.5, 0.6) is 0 Å². The molecule has 0 spiro atoms. The van der Waals surface area contributed by atoms with Gasteiger partial charge in [-0.05, 0) is 6.42 Å². The molecule has 3 rings (SSSR count). The first-order chi connectivity index (χ1) is 9.96. The third kappa shape index (κ3) is 2.69. The van der Waals surface area contributed by atoms with E-state index in [9.17, 15) is 18.3 Å². The molecule has 1 aromatic carbocycles. The van der Waals surface area contributed by atoms with Gasteiger partial charge in [0.2, 0.25) is 0 Å². The average Bonchev–Trinajstić information content (AvgIpc) is 3.03. The quantitative estimate of drug-likeness (QED) is 0.930. The van der Waals surface area contributed by atoms with Crippen LogP contribution in [-0.2, 0) is 9.84 Å². The number of benzene rings is 1. The number of aromatic carboxylic acids is 1. The van der Waals surface area contributed by atoms with E-state index in [-0.39, 0.29) is 23.1 Å². The Balaban J connectivity index is 2.04. The van der Waals surface area contributed by atoms with Crippen LogP contribution in [-0.4, -0.2) is 40.8 Å². The van der Waals surface area contributed by atoms with Crippen molar-refractivity contribution in [3.05, 3.63) is 42.1 Å². The maximum atomic E-state index is 11.6. The molecule has 0 aliphatic carbocycles. The van der Waals surface area contributed by atoms with Crippen molar-refractivity contribution in [2.45, 2.75) is 12.5 Å². The Morgan fingerprint density at radius 1 is 1.29 bits per heavy atom. The maximum Gasteiger partial charge on any atom is 0.339 e. The highest BCUT2D eigenvalue weighted by Gasteiger charge is 2.31. The zero-order chi connectivity index (χ0) is 15.0. The summed E-state index contributed by atoms with van der Waals surface area (Å²) in [7, 11) is -3.04. The largest absolute Gasteiger partial charge is 0.478 e. The summed E-state index contributed by atoms with van der Waals surface area (Å²) in [4.78, 5) is 11.4. The van der Waals surface area contributed by atoms with E-state index in [4.69, 9.17) is 0 Å². The molecule has 0 bridgehead atoms. The summed E-state index contributed by atoms with van der Waals surface area (Å²) in [6.45, 7) is 0. The second-order valence-corrected chi connectivity index (χ2v) is 7.33. The van der Waals surface area contributed by atoms with Gasteiger partial charge >= 0.3 is 5.97 Å². The lowest BCUT2D eigenvalue weighted by atomic mass is 10.1. The smallest absolute Gasteiger partial charge is 0.339 e. The average molecular weight is 306 g/mol. The Kier molecular flexibility index (Phi) is 3.29. The van der Waals surface area contributed by atoms with E-state index < -0.39 is 15.8 Å². The SMILES string of the molecule is O=C(O)c1cn(C2CCS(=O)(=O)C2)nc1-c1ccccc1. The maximum absolute atomic E-state index is 11.6. The third-order valence-corrected chi connectivity index (χ3v) is 5.34. The molecule has 0 radical (unpaired) electrons. The Labute approximate surface area is 121 Å². The Hall–Kier alpha value is -2.15. The molecule has 1 unspecified atom stereocenters. The summed E-state index contributed by atoms with van der Waals surface area (Å²) in [5.41, 5.74) is 1.16. The van der Waals surface area contributed by atoms with Gasteiger partial charge in [-0.2, -0.15) is 5.10 Å². The van der Waals surface area contributed by atoms with E-state index in [2.05, 4.69) is 5.10 Å². The molecule has 2 aromatic rings. The van der Waals surface area contributed by atoms with Crippen molar-refractivity contribution in [2.75, 3.05) is 11.5 Å². The minimum absolute atomic E-state index is 0.0158. The van der Waals surface area contributed by atoms with Gasteiger partial charge in [-0.3, -0.25) is 4.68 Å². The number of carboxylic acid groups (broad SMARTS) is 1. The van der Waals surface area contributed by atoms with Gasteiger partial charge in [0, 0.05) is 11.8 Å². The van der Waals surface area contributed by atoms with E-state index in [1.807, 2.05) is 6.07 Å². The molecule has 0 amide bonds. The summed E-state index contributed by atoms with van der Waals surface area (Å²) >= 11 is 0. The highest BCUT2D eigenvalue weighted by molar-refractivity contribution is 7.91. The van der Waals surface area contributed by atoms with E-state index in [1.165, 1.54) is 10.9 Å². The van der Waals surface area contributed by atoms with Crippen LogP contribution in [0.15, 0.2) is 36.5 Å². The fraction of sp³-hybridized carbons (Fsp3) is 0.286. The summed E-state index contributed by atoms with van der Waals surface area (Å²) in [5.74, 6) is -0.927. The van der Waals surface area contributed by atoms with Crippen LogP contribution in [0.25, 0.3) is 11.3 Å². The monoisotopic (exact) mass is 306 g/mol. The van der Waals surface area contributed by atoms with Crippen molar-refractivity contribution in [3.8, 4) is 11.3 Å². The van der Waals surface area contributed by atoms with E-state index in [1.54, 1.807) is 24.3 Å². The Bertz CT molecular complexity index is 781. The summed E-state index contributed by atoms with van der Waals surface area (Å²) in [6, 6.07) is 8.73. The molecule has 1 aliphatic rings. The van der Waals surface area contributed by atoms with E-state index in [0.29, 0.717) is 17.7 Å². The number of carbonyl (C=O) groups is 1. The van der Waals surface area contributed by atoms with Gasteiger partial charge in [0.05, 0.1) is 17.5 Å². The van der Waals surface area contributed by atoms with Crippen molar-refractivity contribution in [1.29, 1.82) is 0 Å². The number of hydrogen-bond acceptors (Lipinski definition) is 4. The third-order valence-electron chi connectivity index (χ3n) is 3.59. The molecule has 1 fully saturated rings. The van der Waals surface area contributed by atoms with Gasteiger partial charge < -0.3 is 5.11 Å². The Morgan fingerprint density at radius 3 is 2.57 bits per heavy atom. The van der Waals surface area contributed by atoms with E-state index in [0.717, 1.165) is 0 Å². The van der Waals surface area contributed by atoms with Crippen LogP contribution in [0.1, 0.15) is 22.8 Å². The first kappa shape index (κ1) is 13.8. The topological polar surface area (TPSA) is 89.3 Å². The van der Waals surface area contributed by atoms with Crippen LogP contribution in [0.3, 0.4) is 0 Å². The number of hydrogen-bond donors (Lipinski definition) is 1. The lowest BCUT2D eigenvalue weighted by molar-refractivity contribution is 0.0697. The minimum atomic E-state index is -3.04. The van der Waals surface area contributed by atoms with Gasteiger partial charge in [-0.25, -0.2) is 13.2 Å². The fourth-order valence-electron chi connectivity index (χ4n) is 2.53. The zero-order valence-corrected chi connectivity index (χ0v) is 12.0.